The van der Waals surface area contributed by atoms with Crippen molar-refractivity contribution >= 4 is 17.9 Å². The Bertz CT molecular complexity index is 651. The fraction of sp³-hybridized carbons (Fsp3) is 0.474. The molecule has 25 heavy (non-hydrogen) atoms. The number of piperidine rings is 1. The first-order chi connectivity index (χ1) is 12.0. The Hall–Kier alpha value is -2.21. The van der Waals surface area contributed by atoms with Crippen molar-refractivity contribution < 1.29 is 14.0 Å². The molecule has 0 bridgehead atoms. The fourth-order valence-corrected chi connectivity index (χ4v) is 3.80. The molecule has 134 valence electrons. The number of halogens is 1. The highest BCUT2D eigenvalue weighted by atomic mass is 19.1. The normalized spacial score (nSPS) is 22.6. The summed E-state index contributed by atoms with van der Waals surface area (Å²) in [5.74, 6) is -0.560. The van der Waals surface area contributed by atoms with E-state index in [1.165, 1.54) is 18.2 Å². The molecule has 0 aromatic heterocycles. The zero-order chi connectivity index (χ0) is 17.8. The van der Waals surface area contributed by atoms with E-state index in [2.05, 4.69) is 4.90 Å². The molecule has 2 N–H and O–H groups in total. The van der Waals surface area contributed by atoms with E-state index in [1.807, 2.05) is 4.90 Å². The maximum absolute atomic E-state index is 12.9. The van der Waals surface area contributed by atoms with Gasteiger partial charge in [0.05, 0.1) is 6.04 Å². The number of amides is 2. The number of nitrogens with two attached hydrogens (primary N) is 1. The van der Waals surface area contributed by atoms with E-state index in [-0.39, 0.29) is 23.7 Å². The van der Waals surface area contributed by atoms with Crippen molar-refractivity contribution in [2.75, 3.05) is 19.6 Å². The van der Waals surface area contributed by atoms with Crippen molar-refractivity contribution in [3.63, 3.8) is 0 Å². The standard InChI is InChI=1S/C19H24FN3O2/c20-15-6-3-14(4-7-15)5-8-18(24)22-12-9-16(10-13-22)23-11-1-2-17(23)19(21)25/h3-8,16-17H,1-2,9-13H2,(H2,21,25)/b8-5-/t17-/m1/s1. The summed E-state index contributed by atoms with van der Waals surface area (Å²) in [6, 6.07) is 6.21. The third-order valence-electron chi connectivity index (χ3n) is 5.16. The average Bonchev–Trinajstić information content (AvgIpc) is 3.11. The van der Waals surface area contributed by atoms with Crippen LogP contribution in [0.5, 0.6) is 0 Å². The first-order valence-electron chi connectivity index (χ1n) is 8.82. The predicted molar refractivity (Wildman–Crippen MR) is 94.0 cm³/mol. The Labute approximate surface area is 147 Å². The number of benzene rings is 1. The summed E-state index contributed by atoms with van der Waals surface area (Å²) in [5, 5.41) is 0. The van der Waals surface area contributed by atoms with Crippen LogP contribution in [0.4, 0.5) is 4.39 Å². The molecule has 6 heteroatoms. The highest BCUT2D eigenvalue weighted by Crippen LogP contribution is 2.26. The van der Waals surface area contributed by atoms with Crippen molar-refractivity contribution in [2.45, 2.75) is 37.8 Å². The van der Waals surface area contributed by atoms with Crippen LogP contribution in [0.25, 0.3) is 6.08 Å². The second kappa shape index (κ2) is 7.78. The van der Waals surface area contributed by atoms with Gasteiger partial charge in [-0.3, -0.25) is 14.5 Å². The topological polar surface area (TPSA) is 66.6 Å². The summed E-state index contributed by atoms with van der Waals surface area (Å²) in [6.07, 6.45) is 6.81. The third kappa shape index (κ3) is 4.25. The maximum Gasteiger partial charge on any atom is 0.246 e. The summed E-state index contributed by atoms with van der Waals surface area (Å²) in [4.78, 5) is 27.9. The van der Waals surface area contributed by atoms with E-state index in [0.717, 1.165) is 37.8 Å². The van der Waals surface area contributed by atoms with Crippen LogP contribution in [0, 0.1) is 5.82 Å². The molecule has 0 spiro atoms. The molecular weight excluding hydrogens is 321 g/mol. The SMILES string of the molecule is NC(=O)[C@H]1CCCN1C1CCN(C(=O)/C=C\c2ccc(F)cc2)CC1. The minimum Gasteiger partial charge on any atom is -0.368 e. The highest BCUT2D eigenvalue weighted by molar-refractivity contribution is 5.91. The zero-order valence-corrected chi connectivity index (χ0v) is 14.2. The van der Waals surface area contributed by atoms with Gasteiger partial charge in [0.1, 0.15) is 5.82 Å². The van der Waals surface area contributed by atoms with Crippen LogP contribution in [-0.2, 0) is 9.59 Å². The molecule has 0 radical (unpaired) electrons. The van der Waals surface area contributed by atoms with E-state index in [0.29, 0.717) is 19.1 Å². The molecular formula is C19H24FN3O2. The smallest absolute Gasteiger partial charge is 0.246 e. The number of nitrogens with zero attached hydrogens (tertiary/aromatic N) is 2. The molecule has 2 aliphatic rings. The Morgan fingerprint density at radius 2 is 1.76 bits per heavy atom. The lowest BCUT2D eigenvalue weighted by molar-refractivity contribution is -0.129. The predicted octanol–water partition coefficient (Wildman–Crippen LogP) is 1.78. The van der Waals surface area contributed by atoms with Crippen molar-refractivity contribution in [1.82, 2.24) is 9.80 Å². The summed E-state index contributed by atoms with van der Waals surface area (Å²) >= 11 is 0. The Morgan fingerprint density at radius 3 is 2.40 bits per heavy atom. The van der Waals surface area contributed by atoms with Gasteiger partial charge in [0.25, 0.3) is 0 Å². The van der Waals surface area contributed by atoms with Gasteiger partial charge in [-0.25, -0.2) is 4.39 Å². The van der Waals surface area contributed by atoms with E-state index in [1.54, 1.807) is 18.2 Å². The van der Waals surface area contributed by atoms with Crippen LogP contribution in [0.15, 0.2) is 30.3 Å². The maximum atomic E-state index is 12.9. The molecule has 2 aliphatic heterocycles. The molecule has 1 aromatic rings. The monoisotopic (exact) mass is 345 g/mol. The Morgan fingerprint density at radius 1 is 1.08 bits per heavy atom. The van der Waals surface area contributed by atoms with Gasteiger partial charge >= 0.3 is 0 Å². The summed E-state index contributed by atoms with van der Waals surface area (Å²) in [5.41, 5.74) is 6.29. The van der Waals surface area contributed by atoms with Crippen LogP contribution >= 0.6 is 0 Å². The Kier molecular flexibility index (Phi) is 5.48. The van der Waals surface area contributed by atoms with Gasteiger partial charge in [-0.1, -0.05) is 12.1 Å². The van der Waals surface area contributed by atoms with E-state index in [9.17, 15) is 14.0 Å². The van der Waals surface area contributed by atoms with Crippen LogP contribution in [0.3, 0.4) is 0 Å². The van der Waals surface area contributed by atoms with Gasteiger partial charge < -0.3 is 10.6 Å². The van der Waals surface area contributed by atoms with E-state index >= 15 is 0 Å². The fourth-order valence-electron chi connectivity index (χ4n) is 3.80. The lowest BCUT2D eigenvalue weighted by Crippen LogP contribution is -2.51. The van der Waals surface area contributed by atoms with Crippen molar-refractivity contribution in [2.24, 2.45) is 5.73 Å². The number of hydrogen-bond donors (Lipinski definition) is 1. The largest absolute Gasteiger partial charge is 0.368 e. The van der Waals surface area contributed by atoms with Crippen molar-refractivity contribution in [1.29, 1.82) is 0 Å². The summed E-state index contributed by atoms with van der Waals surface area (Å²) in [7, 11) is 0. The van der Waals surface area contributed by atoms with Gasteiger partial charge in [-0.2, -0.15) is 0 Å². The molecule has 5 nitrogen and oxygen atoms in total. The highest BCUT2D eigenvalue weighted by Gasteiger charge is 2.35. The third-order valence-corrected chi connectivity index (χ3v) is 5.16. The number of likely N-dealkylation sites (tertiary alicyclic amines) is 2. The van der Waals surface area contributed by atoms with Gasteiger partial charge in [0.2, 0.25) is 11.8 Å². The van der Waals surface area contributed by atoms with Crippen LogP contribution in [-0.4, -0.2) is 53.3 Å². The van der Waals surface area contributed by atoms with Gasteiger partial charge in [0.15, 0.2) is 0 Å². The molecule has 3 rings (SSSR count). The first-order valence-corrected chi connectivity index (χ1v) is 8.82. The molecule has 2 heterocycles. The van der Waals surface area contributed by atoms with Crippen LogP contribution in [0.2, 0.25) is 0 Å². The lowest BCUT2D eigenvalue weighted by Gasteiger charge is -2.38. The number of carbonyl (C=O) groups excluding carboxylic acids is 2. The number of rotatable bonds is 4. The van der Waals surface area contributed by atoms with Crippen molar-refractivity contribution in [3.8, 4) is 0 Å². The second-order valence-electron chi connectivity index (χ2n) is 6.74. The molecule has 0 unspecified atom stereocenters. The molecule has 2 fully saturated rings. The van der Waals surface area contributed by atoms with Gasteiger partial charge in [-0.05, 0) is 56.0 Å². The summed E-state index contributed by atoms with van der Waals surface area (Å²) in [6.45, 7) is 2.27. The van der Waals surface area contributed by atoms with Crippen molar-refractivity contribution in [3.05, 3.63) is 41.7 Å². The van der Waals surface area contributed by atoms with E-state index in [4.69, 9.17) is 5.73 Å². The van der Waals surface area contributed by atoms with Crippen LogP contribution in [0.1, 0.15) is 31.2 Å². The Balaban J connectivity index is 1.52. The first kappa shape index (κ1) is 17.6. The minimum atomic E-state index is -0.290. The molecule has 2 amide bonds. The minimum absolute atomic E-state index is 0.0318. The molecule has 0 saturated carbocycles. The average molecular weight is 345 g/mol. The van der Waals surface area contributed by atoms with E-state index < -0.39 is 0 Å². The number of carbonyl (C=O) groups is 2. The second-order valence-corrected chi connectivity index (χ2v) is 6.74. The molecule has 0 aliphatic carbocycles. The summed E-state index contributed by atoms with van der Waals surface area (Å²) < 4.78 is 12.9. The van der Waals surface area contributed by atoms with Gasteiger partial charge in [0, 0.05) is 25.2 Å². The molecule has 2 saturated heterocycles. The molecule has 1 aromatic carbocycles. The zero-order valence-electron chi connectivity index (χ0n) is 14.2. The quantitative estimate of drug-likeness (QED) is 0.846. The molecule has 1 atom stereocenters. The van der Waals surface area contributed by atoms with Crippen LogP contribution < -0.4 is 5.73 Å². The van der Waals surface area contributed by atoms with Gasteiger partial charge in [-0.15, -0.1) is 0 Å². The lowest BCUT2D eigenvalue weighted by atomic mass is 10.0. The number of primary amides is 1. The number of hydrogen-bond acceptors (Lipinski definition) is 3.